The molecule has 2 aromatic carbocycles. The number of nitrogens with one attached hydrogen (secondary N) is 1. The van der Waals surface area contributed by atoms with E-state index in [1.807, 2.05) is 26.0 Å². The molecule has 0 aliphatic carbocycles. The second kappa shape index (κ2) is 8.57. The lowest BCUT2D eigenvalue weighted by Crippen LogP contribution is -2.49. The van der Waals surface area contributed by atoms with E-state index in [2.05, 4.69) is 20.4 Å². The molecule has 2 heterocycles. The zero-order valence-corrected chi connectivity index (χ0v) is 18.2. The second-order valence-electron chi connectivity index (χ2n) is 7.22. The Morgan fingerprint density at radius 2 is 1.83 bits per heavy atom. The second-order valence-corrected chi connectivity index (χ2v) is 8.66. The molecule has 1 fully saturated rings. The summed E-state index contributed by atoms with van der Waals surface area (Å²) in [6, 6.07) is 9.49. The van der Waals surface area contributed by atoms with Gasteiger partial charge in [-0.25, -0.2) is 9.37 Å². The molecule has 1 amide bonds. The Balaban J connectivity index is 1.52. The zero-order chi connectivity index (χ0) is 21.3. The van der Waals surface area contributed by atoms with Crippen LogP contribution in [0.4, 0.5) is 15.2 Å². The van der Waals surface area contributed by atoms with Crippen LogP contribution < -0.4 is 10.3 Å². The van der Waals surface area contributed by atoms with Gasteiger partial charge in [-0.2, -0.15) is 5.10 Å². The lowest BCUT2D eigenvalue weighted by Gasteiger charge is -2.36. The molecule has 0 spiro atoms. The number of rotatable bonds is 4. The summed E-state index contributed by atoms with van der Waals surface area (Å²) in [5.41, 5.74) is 6.10. The van der Waals surface area contributed by atoms with E-state index < -0.39 is 0 Å². The zero-order valence-electron chi connectivity index (χ0n) is 16.7. The van der Waals surface area contributed by atoms with Crippen molar-refractivity contribution in [2.24, 2.45) is 5.10 Å². The number of hydrazone groups is 1. The molecular weight excluding hydrogens is 425 g/mol. The number of halogens is 2. The minimum Gasteiger partial charge on any atom is -0.365 e. The summed E-state index contributed by atoms with van der Waals surface area (Å²) in [5.74, 6) is -0.442. The summed E-state index contributed by atoms with van der Waals surface area (Å²) < 4.78 is 14.1. The third kappa shape index (κ3) is 4.24. The molecule has 30 heavy (non-hydrogen) atoms. The van der Waals surface area contributed by atoms with Crippen LogP contribution in [0, 0.1) is 5.82 Å². The first-order chi connectivity index (χ1) is 14.4. The molecule has 1 aliphatic heterocycles. The Morgan fingerprint density at radius 3 is 2.50 bits per heavy atom. The topological polar surface area (TPSA) is 60.8 Å². The third-order valence-electron chi connectivity index (χ3n) is 4.83. The van der Waals surface area contributed by atoms with Crippen LogP contribution >= 0.6 is 22.9 Å². The van der Waals surface area contributed by atoms with Crippen LogP contribution in [0.5, 0.6) is 0 Å². The van der Waals surface area contributed by atoms with Crippen LogP contribution in [-0.4, -0.2) is 47.7 Å². The summed E-state index contributed by atoms with van der Waals surface area (Å²) in [5, 5.41) is 5.56. The maximum absolute atomic E-state index is 13.1. The first-order valence-electron chi connectivity index (χ1n) is 9.58. The van der Waals surface area contributed by atoms with Crippen molar-refractivity contribution in [1.29, 1.82) is 0 Å². The number of carbonyl (C=O) groups excluding carboxylic acids is 1. The molecule has 0 atom stereocenters. The molecule has 0 saturated carbocycles. The number of aromatic nitrogens is 1. The lowest BCUT2D eigenvalue weighted by molar-refractivity contribution is 0.0747. The average Bonchev–Trinajstić information content (AvgIpc) is 3.15. The maximum Gasteiger partial charge on any atom is 0.253 e. The summed E-state index contributed by atoms with van der Waals surface area (Å²) in [6.07, 6.45) is 0. The molecule has 1 aromatic heterocycles. The van der Waals surface area contributed by atoms with E-state index in [1.54, 1.807) is 4.90 Å². The van der Waals surface area contributed by atoms with Crippen molar-refractivity contribution in [1.82, 2.24) is 9.88 Å². The number of amides is 1. The van der Waals surface area contributed by atoms with Crippen LogP contribution in [0.3, 0.4) is 0 Å². The molecule has 9 heteroatoms. The summed E-state index contributed by atoms with van der Waals surface area (Å²) >= 11 is 8.06. The highest BCUT2D eigenvalue weighted by Crippen LogP contribution is 2.38. The quantitative estimate of drug-likeness (QED) is 0.460. The fraction of sp³-hybridized carbons (Fsp3) is 0.286. The van der Waals surface area contributed by atoms with Crippen molar-refractivity contribution in [3.8, 4) is 0 Å². The molecule has 0 radical (unpaired) electrons. The van der Waals surface area contributed by atoms with Crippen molar-refractivity contribution in [2.45, 2.75) is 13.8 Å². The van der Waals surface area contributed by atoms with E-state index >= 15 is 0 Å². The third-order valence-corrected chi connectivity index (χ3v) is 6.06. The number of anilines is 2. The number of hydrogen-bond donors (Lipinski definition) is 1. The fourth-order valence-electron chi connectivity index (χ4n) is 3.37. The predicted molar refractivity (Wildman–Crippen MR) is 122 cm³/mol. The molecule has 0 unspecified atom stereocenters. The van der Waals surface area contributed by atoms with Gasteiger partial charge in [-0.3, -0.25) is 10.2 Å². The van der Waals surface area contributed by atoms with E-state index in [0.29, 0.717) is 41.9 Å². The predicted octanol–water partition coefficient (Wildman–Crippen LogP) is 4.86. The van der Waals surface area contributed by atoms with Crippen molar-refractivity contribution < 1.29 is 9.18 Å². The Hall–Kier alpha value is -2.71. The van der Waals surface area contributed by atoms with Crippen molar-refractivity contribution in [3.63, 3.8) is 0 Å². The van der Waals surface area contributed by atoms with Gasteiger partial charge in [0.15, 0.2) is 0 Å². The van der Waals surface area contributed by atoms with Crippen LogP contribution in [0.25, 0.3) is 10.2 Å². The highest BCUT2D eigenvalue weighted by molar-refractivity contribution is 7.22. The van der Waals surface area contributed by atoms with Crippen LogP contribution in [0.2, 0.25) is 5.02 Å². The first kappa shape index (κ1) is 20.6. The maximum atomic E-state index is 13.1. The number of benzene rings is 2. The molecule has 4 rings (SSSR count). The minimum atomic E-state index is -0.351. The van der Waals surface area contributed by atoms with E-state index in [-0.39, 0.29) is 11.7 Å². The molecule has 1 N–H and O–H groups in total. The normalized spacial score (nSPS) is 14.1. The smallest absolute Gasteiger partial charge is 0.253 e. The van der Waals surface area contributed by atoms with Crippen LogP contribution in [0.15, 0.2) is 41.5 Å². The van der Waals surface area contributed by atoms with Crippen molar-refractivity contribution in [2.75, 3.05) is 36.5 Å². The minimum absolute atomic E-state index is 0.0908. The first-order valence-corrected chi connectivity index (χ1v) is 10.8. The van der Waals surface area contributed by atoms with Crippen LogP contribution in [-0.2, 0) is 0 Å². The van der Waals surface area contributed by atoms with Gasteiger partial charge in [-0.1, -0.05) is 22.9 Å². The van der Waals surface area contributed by atoms with Gasteiger partial charge in [0.1, 0.15) is 11.3 Å². The van der Waals surface area contributed by atoms with E-state index in [9.17, 15) is 9.18 Å². The standard InChI is InChI=1S/C21H21ClFN5OS/c1-13(2)25-26-21-24-18-17(30-21)8-7-16(22)19(18)27-9-11-28(12-10-27)20(29)14-3-5-15(23)6-4-14/h3-8H,9-12H2,1-2H3,(H,24,26). The Labute approximate surface area is 183 Å². The summed E-state index contributed by atoms with van der Waals surface area (Å²) in [6.45, 7) is 6.20. The van der Waals surface area contributed by atoms with Gasteiger partial charge in [0.05, 0.1) is 15.4 Å². The highest BCUT2D eigenvalue weighted by atomic mass is 35.5. The number of fused-ring (bicyclic) bond motifs is 1. The Morgan fingerprint density at radius 1 is 1.13 bits per heavy atom. The van der Waals surface area contributed by atoms with Gasteiger partial charge in [0.25, 0.3) is 5.91 Å². The molecule has 1 aliphatic rings. The SMILES string of the molecule is CC(C)=NNc1nc2c(N3CCN(C(=O)c4ccc(F)cc4)CC3)c(Cl)ccc2s1. The highest BCUT2D eigenvalue weighted by Gasteiger charge is 2.25. The molecular formula is C21H21ClFN5OS. The van der Waals surface area contributed by atoms with Gasteiger partial charge in [-0.15, -0.1) is 0 Å². The lowest BCUT2D eigenvalue weighted by atomic mass is 10.1. The van der Waals surface area contributed by atoms with Gasteiger partial charge < -0.3 is 9.80 Å². The summed E-state index contributed by atoms with van der Waals surface area (Å²) in [7, 11) is 0. The van der Waals surface area contributed by atoms with E-state index in [1.165, 1.54) is 35.6 Å². The number of piperazine rings is 1. The fourth-order valence-corrected chi connectivity index (χ4v) is 4.46. The monoisotopic (exact) mass is 445 g/mol. The molecule has 1 saturated heterocycles. The Kier molecular flexibility index (Phi) is 5.87. The van der Waals surface area contributed by atoms with Crippen molar-refractivity contribution in [3.05, 3.63) is 52.8 Å². The van der Waals surface area contributed by atoms with E-state index in [0.717, 1.165) is 21.6 Å². The number of thiazole rings is 1. The molecule has 156 valence electrons. The molecule has 0 bridgehead atoms. The van der Waals surface area contributed by atoms with E-state index in [4.69, 9.17) is 11.6 Å². The largest absolute Gasteiger partial charge is 0.365 e. The summed E-state index contributed by atoms with van der Waals surface area (Å²) in [4.78, 5) is 21.3. The Bertz CT molecular complexity index is 1100. The van der Waals surface area contributed by atoms with Gasteiger partial charge in [0, 0.05) is 37.5 Å². The average molecular weight is 446 g/mol. The number of hydrogen-bond acceptors (Lipinski definition) is 6. The van der Waals surface area contributed by atoms with Crippen molar-refractivity contribution >= 4 is 55.6 Å². The molecule has 3 aromatic rings. The molecule has 6 nitrogen and oxygen atoms in total. The van der Waals surface area contributed by atoms with Gasteiger partial charge in [0.2, 0.25) is 5.13 Å². The van der Waals surface area contributed by atoms with Crippen LogP contribution in [0.1, 0.15) is 24.2 Å². The number of carbonyl (C=O) groups is 1. The van der Waals surface area contributed by atoms with Gasteiger partial charge in [-0.05, 0) is 50.2 Å². The number of nitrogens with zero attached hydrogens (tertiary/aromatic N) is 4. The van der Waals surface area contributed by atoms with Gasteiger partial charge >= 0.3 is 0 Å².